The number of nitrogens with zero attached hydrogens (tertiary/aromatic N) is 2. The third-order valence-corrected chi connectivity index (χ3v) is 3.77. The Bertz CT molecular complexity index is 576. The molecule has 1 fully saturated rings. The fourth-order valence-corrected chi connectivity index (χ4v) is 2.57. The molecule has 104 valence electrons. The van der Waals surface area contributed by atoms with Crippen LogP contribution in [0.25, 0.3) is 5.69 Å². The van der Waals surface area contributed by atoms with Crippen molar-refractivity contribution in [3.8, 4) is 5.69 Å². The maximum atomic E-state index is 12.2. The van der Waals surface area contributed by atoms with Gasteiger partial charge in [-0.15, -0.1) is 0 Å². The smallest absolute Gasteiger partial charge is 0.229 e. The maximum Gasteiger partial charge on any atom is 0.229 e. The number of rotatable bonds is 3. The zero-order valence-electron chi connectivity index (χ0n) is 11.4. The molecule has 0 saturated carbocycles. The molecule has 2 heterocycles. The van der Waals surface area contributed by atoms with Crippen molar-refractivity contribution in [1.29, 1.82) is 0 Å². The summed E-state index contributed by atoms with van der Waals surface area (Å²) in [5.74, 6) is 0.148. The van der Waals surface area contributed by atoms with Crippen LogP contribution in [0.1, 0.15) is 13.3 Å². The monoisotopic (exact) mass is 270 g/mol. The van der Waals surface area contributed by atoms with Gasteiger partial charge in [0.15, 0.2) is 0 Å². The lowest BCUT2D eigenvalue weighted by atomic mass is 10.0. The van der Waals surface area contributed by atoms with Crippen LogP contribution >= 0.6 is 0 Å². The summed E-state index contributed by atoms with van der Waals surface area (Å²) in [7, 11) is 0. The highest BCUT2D eigenvalue weighted by Gasteiger charge is 2.29. The van der Waals surface area contributed by atoms with E-state index in [1.54, 1.807) is 10.9 Å². The molecule has 5 heteroatoms. The van der Waals surface area contributed by atoms with E-state index in [9.17, 15) is 4.79 Å². The van der Waals surface area contributed by atoms with Crippen LogP contribution in [-0.4, -0.2) is 28.3 Å². The van der Waals surface area contributed by atoms with Gasteiger partial charge >= 0.3 is 0 Å². The summed E-state index contributed by atoms with van der Waals surface area (Å²) in [4.78, 5) is 12.2. The molecule has 5 nitrogen and oxygen atoms in total. The molecule has 1 aromatic carbocycles. The summed E-state index contributed by atoms with van der Waals surface area (Å²) in [6, 6.07) is 9.82. The minimum atomic E-state index is 0.0563. The Balaban J connectivity index is 1.68. The van der Waals surface area contributed by atoms with E-state index >= 15 is 0 Å². The molecule has 2 unspecified atom stereocenters. The second-order valence-electron chi connectivity index (χ2n) is 5.12. The average molecular weight is 270 g/mol. The van der Waals surface area contributed by atoms with Gasteiger partial charge in [-0.25, -0.2) is 4.68 Å². The van der Waals surface area contributed by atoms with E-state index in [1.807, 2.05) is 36.5 Å². The lowest BCUT2D eigenvalue weighted by molar-refractivity contribution is -0.119. The molecular weight excluding hydrogens is 252 g/mol. The number of nitrogens with one attached hydrogen (secondary N) is 2. The van der Waals surface area contributed by atoms with Gasteiger partial charge in [-0.1, -0.05) is 0 Å². The Hall–Kier alpha value is -2.14. The molecule has 20 heavy (non-hydrogen) atoms. The quantitative estimate of drug-likeness (QED) is 0.894. The van der Waals surface area contributed by atoms with E-state index in [-0.39, 0.29) is 17.9 Å². The molecular formula is C15H18N4O. The highest BCUT2D eigenvalue weighted by atomic mass is 16.1. The fourth-order valence-electron chi connectivity index (χ4n) is 2.57. The number of hydrogen-bond acceptors (Lipinski definition) is 3. The molecule has 2 atom stereocenters. The molecule has 1 aromatic heterocycles. The average Bonchev–Trinajstić information content (AvgIpc) is 3.10. The van der Waals surface area contributed by atoms with Gasteiger partial charge < -0.3 is 10.6 Å². The fraction of sp³-hybridized carbons (Fsp3) is 0.333. The van der Waals surface area contributed by atoms with Crippen LogP contribution < -0.4 is 10.6 Å². The normalized spacial score (nSPS) is 21.9. The number of anilines is 1. The van der Waals surface area contributed by atoms with Gasteiger partial charge in [0.25, 0.3) is 0 Å². The van der Waals surface area contributed by atoms with Crippen molar-refractivity contribution in [2.75, 3.05) is 11.9 Å². The van der Waals surface area contributed by atoms with E-state index < -0.39 is 0 Å². The van der Waals surface area contributed by atoms with Crippen molar-refractivity contribution in [3.63, 3.8) is 0 Å². The van der Waals surface area contributed by atoms with Crippen molar-refractivity contribution in [2.24, 2.45) is 5.92 Å². The summed E-state index contributed by atoms with van der Waals surface area (Å²) in [6.07, 6.45) is 4.53. The number of aromatic nitrogens is 2. The van der Waals surface area contributed by atoms with E-state index in [0.29, 0.717) is 0 Å². The Kier molecular flexibility index (Phi) is 3.52. The van der Waals surface area contributed by atoms with E-state index in [4.69, 9.17) is 0 Å². The van der Waals surface area contributed by atoms with Crippen LogP contribution in [0.5, 0.6) is 0 Å². The summed E-state index contributed by atoms with van der Waals surface area (Å²) < 4.78 is 1.79. The Morgan fingerprint density at radius 1 is 1.40 bits per heavy atom. The van der Waals surface area contributed by atoms with Crippen LogP contribution in [0.2, 0.25) is 0 Å². The summed E-state index contributed by atoms with van der Waals surface area (Å²) in [5.41, 5.74) is 1.80. The molecule has 1 saturated heterocycles. The SMILES string of the molecule is CC1NCCC1C(=O)Nc1ccc(-n2cccn2)cc1. The molecule has 0 spiro atoms. The first-order valence-corrected chi connectivity index (χ1v) is 6.88. The van der Waals surface area contributed by atoms with Crippen molar-refractivity contribution in [3.05, 3.63) is 42.7 Å². The summed E-state index contributed by atoms with van der Waals surface area (Å²) in [6.45, 7) is 2.97. The number of benzene rings is 1. The molecule has 1 amide bonds. The Morgan fingerprint density at radius 3 is 2.80 bits per heavy atom. The summed E-state index contributed by atoms with van der Waals surface area (Å²) in [5, 5.41) is 10.4. The maximum absolute atomic E-state index is 12.2. The predicted octanol–water partition coefficient (Wildman–Crippen LogP) is 1.81. The zero-order valence-corrected chi connectivity index (χ0v) is 11.4. The summed E-state index contributed by atoms with van der Waals surface area (Å²) >= 11 is 0. The second-order valence-corrected chi connectivity index (χ2v) is 5.12. The van der Waals surface area contributed by atoms with Gasteiger partial charge in [0.2, 0.25) is 5.91 Å². The van der Waals surface area contributed by atoms with Crippen molar-refractivity contribution < 1.29 is 4.79 Å². The van der Waals surface area contributed by atoms with Crippen molar-refractivity contribution in [2.45, 2.75) is 19.4 Å². The number of carbonyl (C=O) groups excluding carboxylic acids is 1. The van der Waals surface area contributed by atoms with Gasteiger partial charge in [-0.2, -0.15) is 5.10 Å². The van der Waals surface area contributed by atoms with Crippen LogP contribution in [-0.2, 0) is 4.79 Å². The lowest BCUT2D eigenvalue weighted by Crippen LogP contribution is -2.32. The standard InChI is InChI=1S/C15H18N4O/c1-11-14(7-9-16-11)15(20)18-12-3-5-13(6-4-12)19-10-2-8-17-19/h2-6,8,10-11,14,16H,7,9H2,1H3,(H,18,20). The molecule has 0 radical (unpaired) electrons. The topological polar surface area (TPSA) is 59.0 Å². The number of carbonyl (C=O) groups is 1. The molecule has 2 aromatic rings. The lowest BCUT2D eigenvalue weighted by Gasteiger charge is -2.15. The largest absolute Gasteiger partial charge is 0.326 e. The van der Waals surface area contributed by atoms with E-state index in [1.165, 1.54) is 0 Å². The first-order valence-electron chi connectivity index (χ1n) is 6.88. The molecule has 3 rings (SSSR count). The van der Waals surface area contributed by atoms with E-state index in [2.05, 4.69) is 22.7 Å². The molecule has 0 aliphatic carbocycles. The van der Waals surface area contributed by atoms with Gasteiger partial charge in [0, 0.05) is 24.1 Å². The molecule has 1 aliphatic heterocycles. The van der Waals surface area contributed by atoms with Gasteiger partial charge in [0.05, 0.1) is 11.6 Å². The van der Waals surface area contributed by atoms with Gasteiger partial charge in [-0.3, -0.25) is 4.79 Å². The van der Waals surface area contributed by atoms with Crippen LogP contribution in [0.15, 0.2) is 42.7 Å². The molecule has 0 bridgehead atoms. The first kappa shape index (κ1) is 12.9. The third kappa shape index (κ3) is 2.58. The number of amides is 1. The van der Waals surface area contributed by atoms with Crippen molar-refractivity contribution >= 4 is 11.6 Å². The highest BCUT2D eigenvalue weighted by Crippen LogP contribution is 2.19. The van der Waals surface area contributed by atoms with Crippen molar-refractivity contribution in [1.82, 2.24) is 15.1 Å². The minimum Gasteiger partial charge on any atom is -0.326 e. The van der Waals surface area contributed by atoms with Gasteiger partial charge in [0.1, 0.15) is 0 Å². The van der Waals surface area contributed by atoms with E-state index in [0.717, 1.165) is 24.3 Å². The first-order chi connectivity index (χ1) is 9.74. The zero-order chi connectivity index (χ0) is 13.9. The highest BCUT2D eigenvalue weighted by molar-refractivity contribution is 5.93. The number of hydrogen-bond donors (Lipinski definition) is 2. The minimum absolute atomic E-state index is 0.0563. The van der Waals surface area contributed by atoms with Crippen LogP contribution in [0.3, 0.4) is 0 Å². The van der Waals surface area contributed by atoms with Crippen LogP contribution in [0, 0.1) is 5.92 Å². The Labute approximate surface area is 118 Å². The molecule has 1 aliphatic rings. The van der Waals surface area contributed by atoms with Crippen LogP contribution in [0.4, 0.5) is 5.69 Å². The predicted molar refractivity (Wildman–Crippen MR) is 77.8 cm³/mol. The Morgan fingerprint density at radius 2 is 2.20 bits per heavy atom. The second kappa shape index (κ2) is 5.46. The van der Waals surface area contributed by atoms with Gasteiger partial charge in [-0.05, 0) is 50.2 Å². The molecule has 2 N–H and O–H groups in total. The third-order valence-electron chi connectivity index (χ3n) is 3.77.